The van der Waals surface area contributed by atoms with Crippen LogP contribution in [0.25, 0.3) is 0 Å². The zero-order chi connectivity index (χ0) is 8.23. The molecule has 4 nitrogen and oxygen atoms in total. The molecule has 1 aromatic rings. The molecular formula is C8H10N4. The molecule has 0 fully saturated rings. The molecule has 1 aliphatic heterocycles. The predicted molar refractivity (Wildman–Crippen MR) is 46.5 cm³/mol. The number of aromatic nitrogens is 2. The number of nitrogens with zero attached hydrogens (tertiary/aromatic N) is 3. The van der Waals surface area contributed by atoms with Gasteiger partial charge in [-0.15, -0.1) is 0 Å². The third-order valence-electron chi connectivity index (χ3n) is 1.64. The first-order chi connectivity index (χ1) is 5.97. The first-order valence-electron chi connectivity index (χ1n) is 3.88. The molecule has 1 N–H and O–H groups in total. The van der Waals surface area contributed by atoms with Crippen molar-refractivity contribution in [3.8, 4) is 0 Å². The average molecular weight is 162 g/mol. The summed E-state index contributed by atoms with van der Waals surface area (Å²) in [7, 11) is 0. The van der Waals surface area contributed by atoms with Crippen molar-refractivity contribution in [1.29, 1.82) is 0 Å². The molecule has 2 rings (SSSR count). The van der Waals surface area contributed by atoms with E-state index >= 15 is 0 Å². The van der Waals surface area contributed by atoms with E-state index in [0.717, 1.165) is 19.2 Å². The molecule has 0 unspecified atom stereocenters. The number of rotatable bonds is 1. The Bertz CT molecular complexity index is 270. The smallest absolute Gasteiger partial charge is 0.230 e. The first kappa shape index (κ1) is 7.24. The Kier molecular flexibility index (Phi) is 2.00. The zero-order valence-electron chi connectivity index (χ0n) is 6.64. The minimum absolute atomic E-state index is 0.737. The summed E-state index contributed by atoms with van der Waals surface area (Å²) in [5.74, 6) is 0.737. The lowest BCUT2D eigenvalue weighted by atomic mass is 10.5. The van der Waals surface area contributed by atoms with Gasteiger partial charge < -0.3 is 4.90 Å². The lowest BCUT2D eigenvalue weighted by molar-refractivity contribution is 0.708. The summed E-state index contributed by atoms with van der Waals surface area (Å²) < 4.78 is 0. The molecule has 0 atom stereocenters. The topological polar surface area (TPSA) is 41.1 Å². The average Bonchev–Trinajstić information content (AvgIpc) is 2.21. The summed E-state index contributed by atoms with van der Waals surface area (Å²) in [5, 5.41) is 3.19. The highest BCUT2D eigenvalue weighted by molar-refractivity contribution is 5.34. The maximum absolute atomic E-state index is 4.13. The van der Waals surface area contributed by atoms with Crippen LogP contribution in [0.15, 0.2) is 30.7 Å². The van der Waals surface area contributed by atoms with Crippen LogP contribution in [0.4, 0.5) is 5.95 Å². The van der Waals surface area contributed by atoms with Gasteiger partial charge in [-0.25, -0.2) is 9.97 Å². The summed E-state index contributed by atoms with van der Waals surface area (Å²) in [5.41, 5.74) is 0. The van der Waals surface area contributed by atoms with Gasteiger partial charge in [0.1, 0.15) is 0 Å². The second kappa shape index (κ2) is 3.32. The van der Waals surface area contributed by atoms with Crippen LogP contribution in [-0.4, -0.2) is 23.2 Å². The highest BCUT2D eigenvalue weighted by Crippen LogP contribution is 2.05. The number of hydrogen-bond donors (Lipinski definition) is 1. The maximum atomic E-state index is 4.13. The van der Waals surface area contributed by atoms with E-state index in [9.17, 15) is 0 Å². The standard InChI is InChI=1S/C8H10N4/c1-4-10-8(11-5-1)12-6-2-3-9-7-12/h1-2,4-6,9H,3,7H2. The van der Waals surface area contributed by atoms with Crippen molar-refractivity contribution >= 4 is 5.95 Å². The molecule has 0 saturated carbocycles. The Morgan fingerprint density at radius 1 is 1.33 bits per heavy atom. The van der Waals surface area contributed by atoms with E-state index in [1.165, 1.54) is 0 Å². The fourth-order valence-corrected chi connectivity index (χ4v) is 1.08. The molecule has 62 valence electrons. The highest BCUT2D eigenvalue weighted by atomic mass is 15.3. The van der Waals surface area contributed by atoms with Crippen LogP contribution in [0.5, 0.6) is 0 Å². The summed E-state index contributed by atoms with van der Waals surface area (Å²) in [6.45, 7) is 1.70. The van der Waals surface area contributed by atoms with Crippen LogP contribution >= 0.6 is 0 Å². The Labute approximate surface area is 70.9 Å². The van der Waals surface area contributed by atoms with Crippen molar-refractivity contribution in [2.45, 2.75) is 0 Å². The molecule has 1 aromatic heterocycles. The van der Waals surface area contributed by atoms with Gasteiger partial charge in [0.05, 0.1) is 6.67 Å². The Morgan fingerprint density at radius 3 is 2.83 bits per heavy atom. The summed E-state index contributed by atoms with van der Waals surface area (Å²) in [6, 6.07) is 1.81. The predicted octanol–water partition coefficient (Wildman–Crippen LogP) is 0.357. The van der Waals surface area contributed by atoms with E-state index in [1.807, 2.05) is 23.2 Å². The van der Waals surface area contributed by atoms with Crippen molar-refractivity contribution in [1.82, 2.24) is 15.3 Å². The van der Waals surface area contributed by atoms with Gasteiger partial charge in [-0.05, 0) is 6.07 Å². The van der Waals surface area contributed by atoms with Gasteiger partial charge >= 0.3 is 0 Å². The monoisotopic (exact) mass is 162 g/mol. The third-order valence-corrected chi connectivity index (χ3v) is 1.64. The van der Waals surface area contributed by atoms with Crippen LogP contribution in [-0.2, 0) is 0 Å². The molecule has 4 heteroatoms. The molecule has 1 aliphatic rings. The van der Waals surface area contributed by atoms with E-state index in [1.54, 1.807) is 12.4 Å². The van der Waals surface area contributed by atoms with Gasteiger partial charge in [-0.3, -0.25) is 5.32 Å². The van der Waals surface area contributed by atoms with Gasteiger partial charge in [0.15, 0.2) is 0 Å². The van der Waals surface area contributed by atoms with E-state index < -0.39 is 0 Å². The fourth-order valence-electron chi connectivity index (χ4n) is 1.08. The molecule has 0 radical (unpaired) electrons. The fraction of sp³-hybridized carbons (Fsp3) is 0.250. The van der Waals surface area contributed by atoms with Crippen molar-refractivity contribution < 1.29 is 0 Å². The minimum atomic E-state index is 0.737. The van der Waals surface area contributed by atoms with Crippen molar-refractivity contribution in [3.05, 3.63) is 30.7 Å². The SMILES string of the molecule is C1=CN(c2ncccn2)CNC1. The maximum Gasteiger partial charge on any atom is 0.230 e. The van der Waals surface area contributed by atoms with Gasteiger partial charge in [-0.1, -0.05) is 6.08 Å². The number of anilines is 1. The molecule has 0 saturated heterocycles. The quantitative estimate of drug-likeness (QED) is 0.647. The van der Waals surface area contributed by atoms with Crippen LogP contribution in [0, 0.1) is 0 Å². The minimum Gasteiger partial charge on any atom is -0.304 e. The van der Waals surface area contributed by atoms with Gasteiger partial charge in [-0.2, -0.15) is 0 Å². The molecule has 0 amide bonds. The zero-order valence-corrected chi connectivity index (χ0v) is 6.64. The van der Waals surface area contributed by atoms with Crippen molar-refractivity contribution in [2.24, 2.45) is 0 Å². The Hall–Kier alpha value is -1.42. The Balaban J connectivity index is 2.19. The second-order valence-electron chi connectivity index (χ2n) is 2.52. The van der Waals surface area contributed by atoms with Crippen LogP contribution in [0.2, 0.25) is 0 Å². The molecule has 0 bridgehead atoms. The van der Waals surface area contributed by atoms with Gasteiger partial charge in [0, 0.05) is 25.1 Å². The molecule has 0 aromatic carbocycles. The van der Waals surface area contributed by atoms with E-state index in [0.29, 0.717) is 0 Å². The molecule has 2 heterocycles. The van der Waals surface area contributed by atoms with Gasteiger partial charge in [0.2, 0.25) is 5.95 Å². The third kappa shape index (κ3) is 1.43. The summed E-state index contributed by atoms with van der Waals surface area (Å²) in [6.07, 6.45) is 7.52. The van der Waals surface area contributed by atoms with E-state index in [4.69, 9.17) is 0 Å². The van der Waals surface area contributed by atoms with Crippen molar-refractivity contribution in [3.63, 3.8) is 0 Å². The van der Waals surface area contributed by atoms with Crippen LogP contribution in [0.3, 0.4) is 0 Å². The van der Waals surface area contributed by atoms with Crippen LogP contribution in [0.1, 0.15) is 0 Å². The lowest BCUT2D eigenvalue weighted by Crippen LogP contribution is -2.35. The normalized spacial score (nSPS) is 16.5. The molecular weight excluding hydrogens is 152 g/mol. The second-order valence-corrected chi connectivity index (χ2v) is 2.52. The first-order valence-corrected chi connectivity index (χ1v) is 3.88. The van der Waals surface area contributed by atoms with Gasteiger partial charge in [0.25, 0.3) is 0 Å². The van der Waals surface area contributed by atoms with E-state index in [-0.39, 0.29) is 0 Å². The molecule has 0 aliphatic carbocycles. The lowest BCUT2D eigenvalue weighted by Gasteiger charge is -2.21. The summed E-state index contributed by atoms with van der Waals surface area (Å²) in [4.78, 5) is 10.2. The molecule has 12 heavy (non-hydrogen) atoms. The largest absolute Gasteiger partial charge is 0.304 e. The van der Waals surface area contributed by atoms with Crippen LogP contribution < -0.4 is 10.2 Å². The van der Waals surface area contributed by atoms with E-state index in [2.05, 4.69) is 15.3 Å². The Morgan fingerprint density at radius 2 is 2.17 bits per heavy atom. The number of nitrogens with one attached hydrogen (secondary N) is 1. The number of hydrogen-bond acceptors (Lipinski definition) is 4. The molecule has 0 spiro atoms. The summed E-state index contributed by atoms with van der Waals surface area (Å²) >= 11 is 0. The van der Waals surface area contributed by atoms with Crippen molar-refractivity contribution in [2.75, 3.05) is 18.1 Å². The highest BCUT2D eigenvalue weighted by Gasteiger charge is 2.06.